The van der Waals surface area contributed by atoms with Gasteiger partial charge in [0.1, 0.15) is 5.75 Å². The minimum absolute atomic E-state index is 0.0399. The molecule has 2 aromatic carbocycles. The number of fused-ring (bicyclic) bond motifs is 1. The second-order valence-electron chi connectivity index (χ2n) is 4.79. The molecule has 1 aliphatic heterocycles. The molecule has 2 aromatic rings. The van der Waals surface area contributed by atoms with Gasteiger partial charge in [-0.1, -0.05) is 24.3 Å². The lowest BCUT2D eigenvalue weighted by Crippen LogP contribution is -2.33. The maximum atomic E-state index is 12.3. The molecule has 0 saturated carbocycles. The number of rotatable bonds is 3. The van der Waals surface area contributed by atoms with Crippen molar-refractivity contribution in [3.05, 3.63) is 54.1 Å². The molecule has 0 spiro atoms. The summed E-state index contributed by atoms with van der Waals surface area (Å²) in [5, 5.41) is 0. The largest absolute Gasteiger partial charge is 0.484 e. The minimum atomic E-state index is -0.0433. The van der Waals surface area contributed by atoms with Crippen molar-refractivity contribution in [2.45, 2.75) is 6.42 Å². The van der Waals surface area contributed by atoms with E-state index in [4.69, 9.17) is 10.5 Å². The molecule has 0 atom stereocenters. The number of nitrogen functional groups attached to an aromatic ring is 1. The fourth-order valence-electron chi connectivity index (χ4n) is 2.40. The van der Waals surface area contributed by atoms with Gasteiger partial charge in [0.05, 0.1) is 0 Å². The van der Waals surface area contributed by atoms with Crippen LogP contribution in [0.2, 0.25) is 0 Å². The van der Waals surface area contributed by atoms with E-state index < -0.39 is 0 Å². The Morgan fingerprint density at radius 3 is 2.80 bits per heavy atom. The van der Waals surface area contributed by atoms with Gasteiger partial charge in [-0.15, -0.1) is 0 Å². The van der Waals surface area contributed by atoms with Crippen molar-refractivity contribution in [1.29, 1.82) is 0 Å². The molecule has 1 aliphatic rings. The van der Waals surface area contributed by atoms with E-state index in [-0.39, 0.29) is 12.5 Å². The van der Waals surface area contributed by atoms with Crippen molar-refractivity contribution in [3.63, 3.8) is 0 Å². The van der Waals surface area contributed by atoms with Gasteiger partial charge in [0.25, 0.3) is 5.91 Å². The number of hydrogen-bond acceptors (Lipinski definition) is 3. The van der Waals surface area contributed by atoms with Gasteiger partial charge < -0.3 is 15.4 Å². The molecule has 0 saturated heterocycles. The minimum Gasteiger partial charge on any atom is -0.484 e. The third-order valence-corrected chi connectivity index (χ3v) is 3.41. The van der Waals surface area contributed by atoms with Crippen LogP contribution in [0.15, 0.2) is 48.5 Å². The van der Waals surface area contributed by atoms with Gasteiger partial charge in [0.15, 0.2) is 6.61 Å². The Morgan fingerprint density at radius 2 is 2.00 bits per heavy atom. The molecule has 2 N–H and O–H groups in total. The van der Waals surface area contributed by atoms with Crippen LogP contribution in [-0.2, 0) is 11.2 Å². The first-order valence-electron chi connectivity index (χ1n) is 6.60. The lowest BCUT2D eigenvalue weighted by molar-refractivity contribution is -0.120. The van der Waals surface area contributed by atoms with Crippen molar-refractivity contribution in [3.8, 4) is 5.75 Å². The zero-order valence-electron chi connectivity index (χ0n) is 11.1. The second kappa shape index (κ2) is 5.25. The standard InChI is InChI=1S/C16H16N2O2/c17-13-7-6-12-8-9-18(15(12)10-13)16(19)11-20-14-4-2-1-3-5-14/h1-7,10H,8-9,11,17H2. The van der Waals surface area contributed by atoms with Crippen LogP contribution < -0.4 is 15.4 Å². The topological polar surface area (TPSA) is 55.6 Å². The first-order valence-corrected chi connectivity index (χ1v) is 6.60. The zero-order valence-corrected chi connectivity index (χ0v) is 11.1. The normalized spacial score (nSPS) is 13.1. The molecular weight excluding hydrogens is 252 g/mol. The van der Waals surface area contributed by atoms with E-state index in [0.29, 0.717) is 18.0 Å². The molecule has 3 rings (SSSR count). The Morgan fingerprint density at radius 1 is 1.20 bits per heavy atom. The molecule has 0 aliphatic carbocycles. The lowest BCUT2D eigenvalue weighted by Gasteiger charge is -2.18. The van der Waals surface area contributed by atoms with Crippen molar-refractivity contribution < 1.29 is 9.53 Å². The fraction of sp³-hybridized carbons (Fsp3) is 0.188. The van der Waals surface area contributed by atoms with E-state index in [9.17, 15) is 4.79 Å². The number of nitrogens with two attached hydrogens (primary N) is 1. The molecule has 102 valence electrons. The molecule has 0 unspecified atom stereocenters. The van der Waals surface area contributed by atoms with Gasteiger partial charge in [0.2, 0.25) is 0 Å². The smallest absolute Gasteiger partial charge is 0.264 e. The molecule has 0 radical (unpaired) electrons. The number of nitrogens with zero attached hydrogens (tertiary/aromatic N) is 1. The second-order valence-corrected chi connectivity index (χ2v) is 4.79. The summed E-state index contributed by atoms with van der Waals surface area (Å²) in [6.45, 7) is 0.730. The summed E-state index contributed by atoms with van der Waals surface area (Å²) in [7, 11) is 0. The van der Waals surface area contributed by atoms with Crippen molar-refractivity contribution in [1.82, 2.24) is 0 Å². The first-order chi connectivity index (χ1) is 9.74. The third kappa shape index (κ3) is 2.45. The van der Waals surface area contributed by atoms with Crippen LogP contribution in [-0.4, -0.2) is 19.1 Å². The van der Waals surface area contributed by atoms with Gasteiger partial charge >= 0.3 is 0 Å². The number of hydrogen-bond donors (Lipinski definition) is 1. The molecule has 1 amide bonds. The summed E-state index contributed by atoms with van der Waals surface area (Å²) in [5.74, 6) is 0.658. The maximum absolute atomic E-state index is 12.3. The monoisotopic (exact) mass is 268 g/mol. The number of carbonyl (C=O) groups excluding carboxylic acids is 1. The van der Waals surface area contributed by atoms with E-state index in [2.05, 4.69) is 0 Å². The van der Waals surface area contributed by atoms with E-state index in [0.717, 1.165) is 17.7 Å². The number of benzene rings is 2. The summed E-state index contributed by atoms with van der Waals surface area (Å²) in [4.78, 5) is 14.0. The Labute approximate surface area is 117 Å². The van der Waals surface area contributed by atoms with Crippen molar-refractivity contribution >= 4 is 17.3 Å². The van der Waals surface area contributed by atoms with Crippen LogP contribution >= 0.6 is 0 Å². The zero-order chi connectivity index (χ0) is 13.9. The maximum Gasteiger partial charge on any atom is 0.264 e. The van der Waals surface area contributed by atoms with Gasteiger partial charge in [0, 0.05) is 17.9 Å². The fourth-order valence-corrected chi connectivity index (χ4v) is 2.40. The third-order valence-electron chi connectivity index (χ3n) is 3.41. The van der Waals surface area contributed by atoms with E-state index in [1.54, 1.807) is 4.90 Å². The highest BCUT2D eigenvalue weighted by atomic mass is 16.5. The summed E-state index contributed by atoms with van der Waals surface area (Å²) in [5.41, 5.74) is 8.53. The molecule has 4 nitrogen and oxygen atoms in total. The number of ether oxygens (including phenoxy) is 1. The van der Waals surface area contributed by atoms with Crippen LogP contribution in [0.5, 0.6) is 5.75 Å². The number of para-hydroxylation sites is 1. The Bertz CT molecular complexity index is 626. The molecular formula is C16H16N2O2. The van der Waals surface area contributed by atoms with E-state index in [1.165, 1.54) is 0 Å². The van der Waals surface area contributed by atoms with Crippen molar-refractivity contribution in [2.75, 3.05) is 23.8 Å². The number of amides is 1. The molecule has 20 heavy (non-hydrogen) atoms. The van der Waals surface area contributed by atoms with Crippen LogP contribution in [0.3, 0.4) is 0 Å². The summed E-state index contributed by atoms with van der Waals surface area (Å²) < 4.78 is 5.50. The van der Waals surface area contributed by atoms with Gasteiger partial charge in [-0.3, -0.25) is 4.79 Å². The molecule has 0 aromatic heterocycles. The van der Waals surface area contributed by atoms with Gasteiger partial charge in [-0.2, -0.15) is 0 Å². The average molecular weight is 268 g/mol. The predicted octanol–water partition coefficient (Wildman–Crippen LogP) is 2.24. The van der Waals surface area contributed by atoms with Crippen molar-refractivity contribution in [2.24, 2.45) is 0 Å². The van der Waals surface area contributed by atoms with Gasteiger partial charge in [-0.25, -0.2) is 0 Å². The average Bonchev–Trinajstić information content (AvgIpc) is 2.89. The summed E-state index contributed by atoms with van der Waals surface area (Å²) in [6.07, 6.45) is 0.868. The molecule has 0 bridgehead atoms. The van der Waals surface area contributed by atoms with Crippen LogP contribution in [0.1, 0.15) is 5.56 Å². The first kappa shape index (κ1) is 12.5. The summed E-state index contributed by atoms with van der Waals surface area (Å²) >= 11 is 0. The molecule has 4 heteroatoms. The van der Waals surface area contributed by atoms with E-state index in [1.807, 2.05) is 48.5 Å². The highest BCUT2D eigenvalue weighted by molar-refractivity contribution is 5.97. The number of carbonyl (C=O) groups is 1. The van der Waals surface area contributed by atoms with Gasteiger partial charge in [-0.05, 0) is 36.2 Å². The quantitative estimate of drug-likeness (QED) is 0.868. The Hall–Kier alpha value is -2.49. The lowest BCUT2D eigenvalue weighted by atomic mass is 10.1. The Kier molecular flexibility index (Phi) is 3.29. The number of anilines is 2. The SMILES string of the molecule is Nc1ccc2c(c1)N(C(=O)COc1ccccc1)CC2. The predicted molar refractivity (Wildman–Crippen MR) is 78.8 cm³/mol. The Balaban J connectivity index is 1.69. The van der Waals surface area contributed by atoms with E-state index >= 15 is 0 Å². The summed E-state index contributed by atoms with van der Waals surface area (Å²) in [6, 6.07) is 15.0. The molecule has 1 heterocycles. The molecule has 0 fully saturated rings. The highest BCUT2D eigenvalue weighted by Gasteiger charge is 2.24. The van der Waals surface area contributed by atoms with Crippen LogP contribution in [0.25, 0.3) is 0 Å². The highest BCUT2D eigenvalue weighted by Crippen LogP contribution is 2.29. The van der Waals surface area contributed by atoms with Crippen LogP contribution in [0.4, 0.5) is 11.4 Å². The van der Waals surface area contributed by atoms with Crippen LogP contribution in [0, 0.1) is 0 Å².